The van der Waals surface area contributed by atoms with Gasteiger partial charge < -0.3 is 40.1 Å². The molecule has 0 bridgehead atoms. The lowest BCUT2D eigenvalue weighted by atomic mass is 10.1. The monoisotopic (exact) mass is 545 g/mol. The Kier molecular flexibility index (Phi) is 8.73. The molecule has 1 unspecified atom stereocenters. The first kappa shape index (κ1) is 27.9. The number of aliphatic hydroxyl groups excluding tert-OH is 3. The smallest absolute Gasteiger partial charge is 0.387 e. The van der Waals surface area contributed by atoms with Gasteiger partial charge in [0.15, 0.2) is 17.8 Å². The van der Waals surface area contributed by atoms with E-state index in [1.165, 1.54) is 18.7 Å². The van der Waals surface area contributed by atoms with Crippen molar-refractivity contribution in [2.45, 2.75) is 31.1 Å². The van der Waals surface area contributed by atoms with Gasteiger partial charge in [-0.1, -0.05) is 0 Å². The maximum Gasteiger partial charge on any atom is 0.469 e. The Morgan fingerprint density at radius 3 is 2.38 bits per heavy atom. The number of hydrogen-bond donors (Lipinski definition) is 7. The number of phosphoric ester groups is 1. The van der Waals surface area contributed by atoms with Crippen LogP contribution in [-0.2, 0) is 20.4 Å². The summed E-state index contributed by atoms with van der Waals surface area (Å²) < 4.78 is 18.9. The number of nitrogens with one attached hydrogen (secondary N) is 2. The van der Waals surface area contributed by atoms with E-state index in [4.69, 9.17) is 25.1 Å². The lowest BCUT2D eigenvalue weighted by molar-refractivity contribution is -0.422. The number of ether oxygens (including phenoxy) is 1. The Morgan fingerprint density at radius 2 is 1.78 bits per heavy atom. The molecule has 1 fully saturated rings. The summed E-state index contributed by atoms with van der Waals surface area (Å²) in [5, 5.41) is 51.8. The summed E-state index contributed by atoms with van der Waals surface area (Å²) in [6.45, 7) is -0.413. The molecule has 0 radical (unpaired) electrons. The second kappa shape index (κ2) is 11.6. The summed E-state index contributed by atoms with van der Waals surface area (Å²) in [7, 11) is -4.64. The number of aromatic amines is 1. The van der Waals surface area contributed by atoms with Crippen LogP contribution in [0.2, 0.25) is 0 Å². The second-order valence-corrected chi connectivity index (χ2v) is 8.59. The van der Waals surface area contributed by atoms with Crippen molar-refractivity contribution < 1.29 is 48.8 Å². The first-order chi connectivity index (χ1) is 17.4. The van der Waals surface area contributed by atoms with Gasteiger partial charge in [-0.3, -0.25) is 24.8 Å². The number of fused-ring (bicyclic) bond motifs is 1. The Bertz CT molecular complexity index is 1320. The minimum Gasteiger partial charge on any atom is -0.387 e. The molecule has 37 heavy (non-hydrogen) atoms. The molecule has 3 aromatic rings. The quantitative estimate of drug-likeness (QED) is 0.105. The molecule has 1 aromatic carbocycles. The van der Waals surface area contributed by atoms with E-state index in [1.54, 1.807) is 0 Å². The fraction of sp³-hybridized carbons (Fsp3) is 0.353. The van der Waals surface area contributed by atoms with Crippen LogP contribution < -0.4 is 5.32 Å². The Labute approximate surface area is 205 Å². The predicted molar refractivity (Wildman–Crippen MR) is 120 cm³/mol. The summed E-state index contributed by atoms with van der Waals surface area (Å²) >= 11 is 0. The highest BCUT2D eigenvalue weighted by atomic mass is 31.2. The van der Waals surface area contributed by atoms with E-state index in [0.717, 1.165) is 12.1 Å². The van der Waals surface area contributed by atoms with Crippen LogP contribution in [0.5, 0.6) is 0 Å². The highest BCUT2D eigenvalue weighted by molar-refractivity contribution is 7.46. The molecular formula is C17H20N7O12P. The maximum atomic E-state index is 10.9. The molecule has 0 amide bonds. The average Bonchev–Trinajstić information content (AvgIpc) is 3.42. The van der Waals surface area contributed by atoms with Gasteiger partial charge in [-0.2, -0.15) is 0 Å². The van der Waals surface area contributed by atoms with E-state index in [0.29, 0.717) is 22.5 Å². The number of nitro benzene ring substituents is 2. The van der Waals surface area contributed by atoms with Crippen molar-refractivity contribution >= 4 is 36.2 Å². The van der Waals surface area contributed by atoms with Gasteiger partial charge in [0, 0.05) is 18.7 Å². The number of benzene rings is 1. The van der Waals surface area contributed by atoms with Crippen molar-refractivity contribution in [3.05, 3.63) is 56.6 Å². The molecule has 1 aliphatic heterocycles. The molecule has 7 N–H and O–H groups in total. The third-order valence-electron chi connectivity index (χ3n) is 4.86. The average molecular weight is 545 g/mol. The lowest BCUT2D eigenvalue weighted by Gasteiger charge is -2.14. The minimum atomic E-state index is -4.64. The van der Waals surface area contributed by atoms with E-state index < -0.39 is 60.3 Å². The Balaban J connectivity index is 0.000000233. The van der Waals surface area contributed by atoms with Crippen molar-refractivity contribution in [1.82, 2.24) is 19.9 Å². The van der Waals surface area contributed by atoms with Gasteiger partial charge in [-0.05, 0) is 11.6 Å². The van der Waals surface area contributed by atoms with Crippen LogP contribution in [0.3, 0.4) is 0 Å². The minimum absolute atomic E-state index is 0.198. The molecule has 3 heterocycles. The van der Waals surface area contributed by atoms with Crippen LogP contribution in [-0.4, -0.2) is 86.1 Å². The Hall–Kier alpha value is -3.68. The number of nitrogens with zero attached hydrogens (tertiary/aromatic N) is 5. The summed E-state index contributed by atoms with van der Waals surface area (Å²) in [6, 6.07) is 3.72. The molecule has 2 aromatic heterocycles. The number of nitro groups is 2. The summed E-state index contributed by atoms with van der Waals surface area (Å²) in [4.78, 5) is 51.7. The van der Waals surface area contributed by atoms with E-state index in [1.807, 2.05) is 0 Å². The van der Waals surface area contributed by atoms with Crippen molar-refractivity contribution in [3.63, 3.8) is 0 Å². The normalized spacial score (nSPS) is 21.3. The van der Waals surface area contributed by atoms with E-state index in [2.05, 4.69) is 34.5 Å². The van der Waals surface area contributed by atoms with E-state index >= 15 is 0 Å². The van der Waals surface area contributed by atoms with Crippen LogP contribution in [0, 0.1) is 20.2 Å². The molecule has 0 saturated carbocycles. The fourth-order valence-corrected chi connectivity index (χ4v) is 3.44. The third kappa shape index (κ3) is 7.18. The third-order valence-corrected chi connectivity index (χ3v) is 5.35. The summed E-state index contributed by atoms with van der Waals surface area (Å²) in [5.74, 6) is 0.480. The number of aliphatic hydroxyl groups is 3. The highest BCUT2D eigenvalue weighted by Crippen LogP contribution is 2.37. The van der Waals surface area contributed by atoms with Gasteiger partial charge in [-0.15, -0.1) is 0 Å². The van der Waals surface area contributed by atoms with Gasteiger partial charge in [0.1, 0.15) is 30.2 Å². The maximum absolute atomic E-state index is 10.9. The molecule has 1 aliphatic rings. The number of aromatic nitrogens is 4. The molecule has 4 rings (SSSR count). The van der Waals surface area contributed by atoms with E-state index in [9.17, 15) is 24.8 Å². The number of imidazole rings is 1. The zero-order valence-electron chi connectivity index (χ0n) is 18.4. The number of hydrogen-bond acceptors (Lipinski definition) is 14. The van der Waals surface area contributed by atoms with Crippen LogP contribution in [0.25, 0.3) is 11.2 Å². The molecule has 19 nitrogen and oxygen atoms in total. The SMILES string of the molecule is O=P(O)(O)OC[C@H]1OC(O)[C@H](O)[C@@H]1O.O=[N+]([O-])c1ccc(CNc2ncnc3nc[nH]c23)cc1[N+](=O)[O-]. The first-order valence-electron chi connectivity index (χ1n) is 10.1. The molecule has 200 valence electrons. The Morgan fingerprint density at radius 1 is 1.08 bits per heavy atom. The number of anilines is 1. The number of H-pyrrole nitrogens is 1. The van der Waals surface area contributed by atoms with Crippen LogP contribution in [0.4, 0.5) is 17.2 Å². The van der Waals surface area contributed by atoms with Gasteiger partial charge >= 0.3 is 19.2 Å². The first-order valence-corrected chi connectivity index (χ1v) is 11.6. The van der Waals surface area contributed by atoms with Gasteiger partial charge in [0.05, 0.1) is 22.8 Å². The van der Waals surface area contributed by atoms with Crippen molar-refractivity contribution in [2.24, 2.45) is 0 Å². The fourth-order valence-electron chi connectivity index (χ4n) is 3.10. The zero-order valence-corrected chi connectivity index (χ0v) is 19.3. The van der Waals surface area contributed by atoms with Gasteiger partial charge in [-0.25, -0.2) is 19.5 Å². The topological polar surface area (TPSA) is 289 Å². The standard InChI is InChI=1S/C12H9N7O4.C5H11O8P/c20-18(21)8-2-1-7(3-9(8)19(22)23)4-13-11-10-12(15-5-14-10)17-6-16-11;6-3-2(1-12-14(9,10)11)13-5(8)4(3)7/h1-3,5-6H,4H2,(H2,13,14,15,16,17);2-8H,1H2,(H2,9,10,11)/t;2-,3-,4-,5?/m.1/s1. The molecule has 0 spiro atoms. The second-order valence-electron chi connectivity index (χ2n) is 7.35. The van der Waals surface area contributed by atoms with Crippen LogP contribution in [0.1, 0.15) is 5.56 Å². The van der Waals surface area contributed by atoms with Crippen LogP contribution >= 0.6 is 7.82 Å². The van der Waals surface area contributed by atoms with Crippen molar-refractivity contribution in [1.29, 1.82) is 0 Å². The molecule has 0 aliphatic carbocycles. The van der Waals surface area contributed by atoms with E-state index in [-0.39, 0.29) is 6.54 Å². The summed E-state index contributed by atoms with van der Waals surface area (Å²) in [5.41, 5.74) is 0.495. The largest absolute Gasteiger partial charge is 0.469 e. The van der Waals surface area contributed by atoms with Gasteiger partial charge in [0.25, 0.3) is 0 Å². The van der Waals surface area contributed by atoms with Gasteiger partial charge in [0.2, 0.25) is 0 Å². The van der Waals surface area contributed by atoms with Crippen LogP contribution in [0.15, 0.2) is 30.9 Å². The zero-order chi connectivity index (χ0) is 27.3. The summed E-state index contributed by atoms with van der Waals surface area (Å²) in [6.07, 6.45) is -2.86. The number of rotatable bonds is 8. The molecule has 1 saturated heterocycles. The molecule has 20 heteroatoms. The molecule has 4 atom stereocenters. The van der Waals surface area contributed by atoms with Crippen molar-refractivity contribution in [3.8, 4) is 0 Å². The van der Waals surface area contributed by atoms with Crippen molar-refractivity contribution in [2.75, 3.05) is 11.9 Å². The number of phosphoric acid groups is 1. The molecular weight excluding hydrogens is 525 g/mol. The lowest BCUT2D eigenvalue weighted by Crippen LogP contribution is -2.34. The highest BCUT2D eigenvalue weighted by Gasteiger charge is 2.42. The predicted octanol–water partition coefficient (Wildman–Crippen LogP) is -0.684.